The molecule has 3 rings (SSSR count). The Bertz CT molecular complexity index is 898. The van der Waals surface area contributed by atoms with Crippen LogP contribution in [0.2, 0.25) is 0 Å². The third kappa shape index (κ3) is 2.68. The van der Waals surface area contributed by atoms with E-state index in [1.54, 1.807) is 12.1 Å². The number of aromatic nitrogens is 2. The number of halogens is 1. The molecule has 0 unspecified atom stereocenters. The first kappa shape index (κ1) is 13.4. The second kappa shape index (κ2) is 5.10. The summed E-state index contributed by atoms with van der Waals surface area (Å²) in [4.78, 5) is 7.85. The molecular weight excluding hydrogens is 293 g/mol. The van der Waals surface area contributed by atoms with E-state index in [0.717, 1.165) is 6.07 Å². The number of hydrogen-bond acceptors (Lipinski definition) is 4. The minimum Gasteiger partial charge on any atom is -0.277 e. The van der Waals surface area contributed by atoms with Gasteiger partial charge in [0, 0.05) is 30.0 Å². The average Bonchev–Trinajstić information content (AvgIpc) is 2.47. The highest BCUT2D eigenvalue weighted by Gasteiger charge is 2.16. The van der Waals surface area contributed by atoms with Crippen molar-refractivity contribution in [3.05, 3.63) is 60.8 Å². The molecule has 0 atom stereocenters. The summed E-state index contributed by atoms with van der Waals surface area (Å²) in [6.45, 7) is 0. The highest BCUT2D eigenvalue weighted by atomic mass is 32.2. The fourth-order valence-electron chi connectivity index (χ4n) is 1.94. The first-order valence-electron chi connectivity index (χ1n) is 6.03. The Morgan fingerprint density at radius 1 is 1.10 bits per heavy atom. The number of sulfonamides is 1. The Labute approximate surface area is 120 Å². The number of pyridine rings is 2. The van der Waals surface area contributed by atoms with Crippen molar-refractivity contribution < 1.29 is 12.8 Å². The molecule has 1 N–H and O–H groups in total. The third-order valence-electron chi connectivity index (χ3n) is 2.86. The lowest BCUT2D eigenvalue weighted by molar-refractivity contribution is 0.600. The normalized spacial score (nSPS) is 11.5. The van der Waals surface area contributed by atoms with Crippen LogP contribution in [0.15, 0.2) is 59.9 Å². The lowest BCUT2D eigenvalue weighted by Crippen LogP contribution is -2.13. The van der Waals surface area contributed by atoms with Gasteiger partial charge in [0.15, 0.2) is 0 Å². The maximum absolute atomic E-state index is 13.6. The first-order chi connectivity index (χ1) is 10.1. The average molecular weight is 303 g/mol. The van der Waals surface area contributed by atoms with Crippen LogP contribution >= 0.6 is 0 Å². The topological polar surface area (TPSA) is 72.0 Å². The van der Waals surface area contributed by atoms with Crippen molar-refractivity contribution in [3.8, 4) is 0 Å². The molecule has 0 aliphatic heterocycles. The molecule has 0 saturated heterocycles. The molecule has 0 spiro atoms. The van der Waals surface area contributed by atoms with Crippen LogP contribution in [0.5, 0.6) is 0 Å². The van der Waals surface area contributed by atoms with Gasteiger partial charge in [0.25, 0.3) is 10.0 Å². The Kier molecular flexibility index (Phi) is 3.26. The van der Waals surface area contributed by atoms with E-state index >= 15 is 0 Å². The van der Waals surface area contributed by atoms with Gasteiger partial charge in [-0.2, -0.15) is 0 Å². The molecule has 0 saturated carbocycles. The first-order valence-corrected chi connectivity index (χ1v) is 7.52. The van der Waals surface area contributed by atoms with Gasteiger partial charge in [0.2, 0.25) is 0 Å². The minimum absolute atomic E-state index is 0.00153. The summed E-state index contributed by atoms with van der Waals surface area (Å²) in [7, 11) is -3.84. The largest absolute Gasteiger partial charge is 0.277 e. The molecule has 0 aliphatic rings. The predicted octanol–water partition coefficient (Wildman–Crippen LogP) is 2.57. The van der Waals surface area contributed by atoms with Crippen LogP contribution in [0.4, 0.5) is 10.1 Å². The van der Waals surface area contributed by atoms with Gasteiger partial charge in [-0.15, -0.1) is 0 Å². The quantitative estimate of drug-likeness (QED) is 0.807. The smallest absolute Gasteiger partial charge is 0.263 e. The number of fused-ring (bicyclic) bond motifs is 1. The van der Waals surface area contributed by atoms with Crippen molar-refractivity contribution in [1.82, 2.24) is 9.97 Å². The van der Waals surface area contributed by atoms with Gasteiger partial charge >= 0.3 is 0 Å². The van der Waals surface area contributed by atoms with Crippen molar-refractivity contribution in [2.45, 2.75) is 4.90 Å². The highest BCUT2D eigenvalue weighted by Crippen LogP contribution is 2.25. The molecule has 0 bridgehead atoms. The summed E-state index contributed by atoms with van der Waals surface area (Å²) in [6, 6.07) is 8.63. The molecule has 1 aromatic carbocycles. The number of anilines is 1. The van der Waals surface area contributed by atoms with Crippen LogP contribution in [0.1, 0.15) is 0 Å². The van der Waals surface area contributed by atoms with Gasteiger partial charge in [0.1, 0.15) is 10.7 Å². The molecule has 2 heterocycles. The second-order valence-corrected chi connectivity index (χ2v) is 6.01. The maximum atomic E-state index is 13.6. The maximum Gasteiger partial charge on any atom is 0.263 e. The Hall–Kier alpha value is -2.54. The summed E-state index contributed by atoms with van der Waals surface area (Å²) in [5.41, 5.74) is 0.473. The van der Waals surface area contributed by atoms with Crippen LogP contribution in [-0.2, 0) is 10.0 Å². The van der Waals surface area contributed by atoms with Crippen molar-refractivity contribution in [2.24, 2.45) is 0 Å². The lowest BCUT2D eigenvalue weighted by Gasteiger charge is -2.10. The van der Waals surface area contributed by atoms with Crippen LogP contribution in [-0.4, -0.2) is 18.4 Å². The zero-order valence-electron chi connectivity index (χ0n) is 10.7. The zero-order valence-corrected chi connectivity index (χ0v) is 11.5. The lowest BCUT2D eigenvalue weighted by atomic mass is 10.2. The van der Waals surface area contributed by atoms with E-state index in [9.17, 15) is 12.8 Å². The highest BCUT2D eigenvalue weighted by molar-refractivity contribution is 7.92. The van der Waals surface area contributed by atoms with Gasteiger partial charge in [-0.1, -0.05) is 6.07 Å². The number of hydrogen-bond donors (Lipinski definition) is 1. The summed E-state index contributed by atoms with van der Waals surface area (Å²) < 4.78 is 40.5. The van der Waals surface area contributed by atoms with E-state index < -0.39 is 15.8 Å². The second-order valence-electron chi connectivity index (χ2n) is 4.32. The van der Waals surface area contributed by atoms with E-state index in [-0.39, 0.29) is 10.6 Å². The van der Waals surface area contributed by atoms with E-state index in [1.165, 1.54) is 36.8 Å². The van der Waals surface area contributed by atoms with Crippen molar-refractivity contribution in [1.29, 1.82) is 0 Å². The van der Waals surface area contributed by atoms with Crippen LogP contribution in [0, 0.1) is 5.82 Å². The van der Waals surface area contributed by atoms with E-state index in [1.807, 2.05) is 0 Å². The number of nitrogens with one attached hydrogen (secondary N) is 1. The number of rotatable bonds is 3. The standard InChI is InChI=1S/C14H10FN3O2S/c15-11-7-10-3-1-6-17-14(10)13(8-11)18-21(19,20)12-4-2-5-16-9-12/h1-9,18H. The molecule has 106 valence electrons. The molecule has 0 fully saturated rings. The molecule has 0 aliphatic carbocycles. The van der Waals surface area contributed by atoms with Gasteiger partial charge in [0.05, 0.1) is 11.2 Å². The van der Waals surface area contributed by atoms with Gasteiger partial charge in [-0.05, 0) is 24.3 Å². The van der Waals surface area contributed by atoms with Crippen molar-refractivity contribution in [2.75, 3.05) is 4.72 Å². The van der Waals surface area contributed by atoms with Gasteiger partial charge < -0.3 is 0 Å². The molecule has 0 radical (unpaired) electrons. The van der Waals surface area contributed by atoms with Crippen molar-refractivity contribution >= 4 is 26.6 Å². The molecule has 3 aromatic rings. The predicted molar refractivity (Wildman–Crippen MR) is 76.7 cm³/mol. The Balaban J connectivity index is 2.10. The van der Waals surface area contributed by atoms with Gasteiger partial charge in [-0.3, -0.25) is 14.7 Å². The monoisotopic (exact) mass is 303 g/mol. The summed E-state index contributed by atoms with van der Waals surface area (Å²) >= 11 is 0. The van der Waals surface area contributed by atoms with Gasteiger partial charge in [-0.25, -0.2) is 12.8 Å². The van der Waals surface area contributed by atoms with Crippen molar-refractivity contribution in [3.63, 3.8) is 0 Å². The minimum atomic E-state index is -3.84. The van der Waals surface area contributed by atoms with Crippen LogP contribution in [0.3, 0.4) is 0 Å². The van der Waals surface area contributed by atoms with Crippen LogP contribution < -0.4 is 4.72 Å². The fraction of sp³-hybridized carbons (Fsp3) is 0. The number of benzene rings is 1. The Morgan fingerprint density at radius 2 is 1.90 bits per heavy atom. The zero-order chi connectivity index (χ0) is 14.9. The SMILES string of the molecule is O=S(=O)(Nc1cc(F)cc2cccnc12)c1cccnc1. The molecule has 0 amide bonds. The molecule has 7 heteroatoms. The van der Waals surface area contributed by atoms with E-state index in [4.69, 9.17) is 0 Å². The molecule has 5 nitrogen and oxygen atoms in total. The Morgan fingerprint density at radius 3 is 2.67 bits per heavy atom. The number of nitrogens with zero attached hydrogens (tertiary/aromatic N) is 2. The third-order valence-corrected chi connectivity index (χ3v) is 4.21. The van der Waals surface area contributed by atoms with E-state index in [0.29, 0.717) is 10.9 Å². The summed E-state index contributed by atoms with van der Waals surface area (Å²) in [5.74, 6) is -0.542. The fourth-order valence-corrected chi connectivity index (χ4v) is 2.96. The molecular formula is C14H10FN3O2S. The summed E-state index contributed by atoms with van der Waals surface area (Å²) in [5, 5.41) is 0.515. The summed E-state index contributed by atoms with van der Waals surface area (Å²) in [6.07, 6.45) is 4.21. The molecule has 2 aromatic heterocycles. The van der Waals surface area contributed by atoms with Crippen LogP contribution in [0.25, 0.3) is 10.9 Å². The van der Waals surface area contributed by atoms with E-state index in [2.05, 4.69) is 14.7 Å². The molecule has 21 heavy (non-hydrogen) atoms.